The van der Waals surface area contributed by atoms with Crippen LogP contribution in [0.4, 0.5) is 18.9 Å². The third kappa shape index (κ3) is 6.41. The van der Waals surface area contributed by atoms with Crippen molar-refractivity contribution in [2.24, 2.45) is 0 Å². The van der Waals surface area contributed by atoms with E-state index >= 15 is 0 Å². The van der Waals surface area contributed by atoms with Crippen molar-refractivity contribution in [3.8, 4) is 0 Å². The first-order chi connectivity index (χ1) is 12.7. The summed E-state index contributed by atoms with van der Waals surface area (Å²) in [7, 11) is 3.27. The third-order valence-electron chi connectivity index (χ3n) is 3.52. The highest BCUT2D eigenvalue weighted by atomic mass is 19.4. The smallest absolute Gasteiger partial charge is 0.367 e. The van der Waals surface area contributed by atoms with Crippen LogP contribution in [0.5, 0.6) is 0 Å². The van der Waals surface area contributed by atoms with Gasteiger partial charge in [-0.25, -0.2) is 0 Å². The van der Waals surface area contributed by atoms with E-state index in [2.05, 4.69) is 10.1 Å². The number of carbonyl (C=O) groups excluding carboxylic acids is 2. The zero-order chi connectivity index (χ0) is 20.0. The van der Waals surface area contributed by atoms with Gasteiger partial charge in [-0.2, -0.15) is 13.2 Å². The van der Waals surface area contributed by atoms with Crippen LogP contribution in [0.1, 0.15) is 26.3 Å². The summed E-state index contributed by atoms with van der Waals surface area (Å²) < 4.78 is 40.7. The van der Waals surface area contributed by atoms with Gasteiger partial charge in [0.1, 0.15) is 6.61 Å². The summed E-state index contributed by atoms with van der Waals surface area (Å²) in [4.78, 5) is 25.7. The second kappa shape index (κ2) is 8.68. The van der Waals surface area contributed by atoms with Crippen molar-refractivity contribution in [3.05, 3.63) is 65.2 Å². The van der Waals surface area contributed by atoms with Crippen molar-refractivity contribution in [2.75, 3.05) is 26.0 Å². The van der Waals surface area contributed by atoms with Gasteiger partial charge in [-0.1, -0.05) is 18.2 Å². The molecule has 0 aliphatic carbocycles. The van der Waals surface area contributed by atoms with Gasteiger partial charge in [-0.05, 0) is 35.9 Å². The van der Waals surface area contributed by atoms with Gasteiger partial charge in [-0.15, -0.1) is 0 Å². The van der Waals surface area contributed by atoms with Crippen LogP contribution in [-0.4, -0.2) is 43.6 Å². The minimum atomic E-state index is -4.37. The number of hydrogen-bond acceptors (Lipinski definition) is 3. The Labute approximate surface area is 154 Å². The molecule has 2 amide bonds. The van der Waals surface area contributed by atoms with Gasteiger partial charge < -0.3 is 15.0 Å². The number of carbonyl (C=O) groups is 2. The van der Waals surface area contributed by atoms with Crippen LogP contribution in [-0.2, 0) is 11.3 Å². The van der Waals surface area contributed by atoms with Crippen LogP contribution in [0.2, 0.25) is 0 Å². The molecule has 144 valence electrons. The largest absolute Gasteiger partial charge is 0.411 e. The summed E-state index contributed by atoms with van der Waals surface area (Å²) in [5, 5.41) is 2.69. The molecule has 0 aliphatic rings. The molecule has 0 saturated heterocycles. The second-order valence-electron chi connectivity index (χ2n) is 6.04. The number of nitrogens with zero attached hydrogens (tertiary/aromatic N) is 1. The number of alkyl halides is 3. The van der Waals surface area contributed by atoms with Gasteiger partial charge in [0.15, 0.2) is 0 Å². The topological polar surface area (TPSA) is 58.6 Å². The molecular formula is C19H19F3N2O3. The summed E-state index contributed by atoms with van der Waals surface area (Å²) >= 11 is 0. The zero-order valence-electron chi connectivity index (χ0n) is 14.8. The van der Waals surface area contributed by atoms with Crippen molar-refractivity contribution in [2.45, 2.75) is 12.8 Å². The molecule has 0 radical (unpaired) electrons. The van der Waals surface area contributed by atoms with Crippen LogP contribution in [0.25, 0.3) is 0 Å². The van der Waals surface area contributed by atoms with E-state index in [1.807, 2.05) is 0 Å². The van der Waals surface area contributed by atoms with Crippen LogP contribution in [0, 0.1) is 0 Å². The Morgan fingerprint density at radius 1 is 1.04 bits per heavy atom. The molecule has 0 heterocycles. The number of rotatable bonds is 6. The maximum Gasteiger partial charge on any atom is 0.411 e. The van der Waals surface area contributed by atoms with Crippen molar-refractivity contribution in [3.63, 3.8) is 0 Å². The highest BCUT2D eigenvalue weighted by molar-refractivity contribution is 6.05. The van der Waals surface area contributed by atoms with E-state index in [1.165, 1.54) is 29.2 Å². The predicted octanol–water partition coefficient (Wildman–Crippen LogP) is 3.72. The van der Waals surface area contributed by atoms with Crippen molar-refractivity contribution < 1.29 is 27.5 Å². The van der Waals surface area contributed by atoms with Crippen molar-refractivity contribution in [1.82, 2.24) is 4.90 Å². The number of ether oxygens (including phenoxy) is 1. The molecule has 2 aromatic carbocycles. The van der Waals surface area contributed by atoms with E-state index in [1.54, 1.807) is 38.4 Å². The van der Waals surface area contributed by atoms with E-state index in [0.29, 0.717) is 22.4 Å². The fraction of sp³-hybridized carbons (Fsp3) is 0.263. The van der Waals surface area contributed by atoms with Gasteiger partial charge in [-0.3, -0.25) is 9.59 Å². The zero-order valence-corrected chi connectivity index (χ0v) is 14.8. The van der Waals surface area contributed by atoms with Crippen molar-refractivity contribution in [1.29, 1.82) is 0 Å². The van der Waals surface area contributed by atoms with Gasteiger partial charge in [0.25, 0.3) is 11.8 Å². The molecule has 27 heavy (non-hydrogen) atoms. The Bertz CT molecular complexity index is 803. The lowest BCUT2D eigenvalue weighted by molar-refractivity contribution is -0.176. The Morgan fingerprint density at radius 3 is 2.30 bits per heavy atom. The van der Waals surface area contributed by atoms with Crippen LogP contribution in [0.15, 0.2) is 48.5 Å². The van der Waals surface area contributed by atoms with E-state index in [-0.39, 0.29) is 12.5 Å². The van der Waals surface area contributed by atoms with E-state index in [9.17, 15) is 22.8 Å². The Morgan fingerprint density at radius 2 is 1.70 bits per heavy atom. The average Bonchev–Trinajstić information content (AvgIpc) is 2.60. The number of nitrogens with one attached hydrogen (secondary N) is 1. The summed E-state index contributed by atoms with van der Waals surface area (Å²) in [6.45, 7) is -1.52. The van der Waals surface area contributed by atoms with Crippen LogP contribution < -0.4 is 5.32 Å². The molecule has 0 spiro atoms. The Balaban J connectivity index is 1.98. The SMILES string of the molecule is CN(C)C(=O)c1cccc(NC(=O)c2ccc(COCC(F)(F)F)cc2)c1. The maximum absolute atomic E-state index is 12.3. The highest BCUT2D eigenvalue weighted by Crippen LogP contribution is 2.17. The summed E-state index contributed by atoms with van der Waals surface area (Å²) in [5.74, 6) is -0.582. The lowest BCUT2D eigenvalue weighted by atomic mass is 10.1. The molecule has 5 nitrogen and oxygen atoms in total. The molecule has 1 N–H and O–H groups in total. The summed E-state index contributed by atoms with van der Waals surface area (Å²) in [6, 6.07) is 12.6. The van der Waals surface area contributed by atoms with Gasteiger partial charge in [0.05, 0.1) is 6.61 Å². The number of benzene rings is 2. The lowest BCUT2D eigenvalue weighted by Gasteiger charge is -2.12. The Hall–Kier alpha value is -2.87. The molecule has 0 bridgehead atoms. The summed E-state index contributed by atoms with van der Waals surface area (Å²) in [6.07, 6.45) is -4.37. The number of halogens is 3. The molecule has 0 atom stereocenters. The molecule has 0 fully saturated rings. The fourth-order valence-corrected chi connectivity index (χ4v) is 2.23. The van der Waals surface area contributed by atoms with Gasteiger partial charge in [0, 0.05) is 30.9 Å². The molecule has 0 saturated carbocycles. The molecule has 0 unspecified atom stereocenters. The second-order valence-corrected chi connectivity index (χ2v) is 6.04. The number of amides is 2. The first-order valence-corrected chi connectivity index (χ1v) is 8.02. The summed E-state index contributed by atoms with van der Waals surface area (Å²) in [5.41, 5.74) is 1.76. The van der Waals surface area contributed by atoms with E-state index < -0.39 is 18.7 Å². The minimum Gasteiger partial charge on any atom is -0.367 e. The first kappa shape index (κ1) is 20.4. The van der Waals surface area contributed by atoms with Crippen LogP contribution in [0.3, 0.4) is 0 Å². The fourth-order valence-electron chi connectivity index (χ4n) is 2.23. The molecule has 2 rings (SSSR count). The predicted molar refractivity (Wildman–Crippen MR) is 94.6 cm³/mol. The average molecular weight is 380 g/mol. The van der Waals surface area contributed by atoms with E-state index in [4.69, 9.17) is 0 Å². The number of hydrogen-bond donors (Lipinski definition) is 1. The molecule has 2 aromatic rings. The Kier molecular flexibility index (Phi) is 6.57. The molecule has 8 heteroatoms. The monoisotopic (exact) mass is 380 g/mol. The highest BCUT2D eigenvalue weighted by Gasteiger charge is 2.27. The quantitative estimate of drug-likeness (QED) is 0.831. The normalized spacial score (nSPS) is 11.1. The third-order valence-corrected chi connectivity index (χ3v) is 3.52. The maximum atomic E-state index is 12.3. The molecule has 0 aromatic heterocycles. The standard InChI is InChI=1S/C19H19F3N2O3/c1-24(2)18(26)15-4-3-5-16(10-15)23-17(25)14-8-6-13(7-9-14)11-27-12-19(20,21)22/h3-10H,11-12H2,1-2H3,(H,23,25). The van der Waals surface area contributed by atoms with Crippen molar-refractivity contribution >= 4 is 17.5 Å². The lowest BCUT2D eigenvalue weighted by Crippen LogP contribution is -2.22. The van der Waals surface area contributed by atoms with Gasteiger partial charge in [0.2, 0.25) is 0 Å². The van der Waals surface area contributed by atoms with Gasteiger partial charge >= 0.3 is 6.18 Å². The van der Waals surface area contributed by atoms with Crippen LogP contribution >= 0.6 is 0 Å². The molecule has 0 aliphatic heterocycles. The first-order valence-electron chi connectivity index (χ1n) is 8.02. The number of anilines is 1. The van der Waals surface area contributed by atoms with E-state index in [0.717, 1.165) is 0 Å². The minimum absolute atomic E-state index is 0.186. The molecular weight excluding hydrogens is 361 g/mol.